The number of rotatable bonds is 4. The van der Waals surface area contributed by atoms with E-state index in [4.69, 9.17) is 4.74 Å². The fourth-order valence-corrected chi connectivity index (χ4v) is 2.90. The number of carbonyl (C=O) groups excluding carboxylic acids is 1. The largest absolute Gasteiger partial charge is 0.376 e. The van der Waals surface area contributed by atoms with Crippen LogP contribution in [-0.4, -0.2) is 41.6 Å². The first kappa shape index (κ1) is 14.1. The van der Waals surface area contributed by atoms with Crippen molar-refractivity contribution in [3.05, 3.63) is 36.0 Å². The summed E-state index contributed by atoms with van der Waals surface area (Å²) in [5.74, 6) is 0.0796. The quantitative estimate of drug-likeness (QED) is 0.938. The summed E-state index contributed by atoms with van der Waals surface area (Å²) in [6.45, 7) is 4.41. The van der Waals surface area contributed by atoms with E-state index in [0.717, 1.165) is 43.3 Å². The van der Waals surface area contributed by atoms with Gasteiger partial charge in [0.25, 0.3) is 5.91 Å². The van der Waals surface area contributed by atoms with Crippen molar-refractivity contribution in [3.63, 3.8) is 0 Å². The van der Waals surface area contributed by atoms with Gasteiger partial charge < -0.3 is 14.6 Å². The lowest BCUT2D eigenvalue weighted by atomic mass is 10.1. The Kier molecular flexibility index (Phi) is 4.25. The molecule has 0 spiro atoms. The van der Waals surface area contributed by atoms with Gasteiger partial charge in [0.2, 0.25) is 0 Å². The summed E-state index contributed by atoms with van der Waals surface area (Å²) in [5.41, 5.74) is 1.68. The van der Waals surface area contributed by atoms with Crippen molar-refractivity contribution in [1.82, 2.24) is 9.88 Å². The number of piperidine rings is 1. The Morgan fingerprint density at radius 1 is 1.43 bits per heavy atom. The lowest BCUT2D eigenvalue weighted by Crippen LogP contribution is -2.43. The highest BCUT2D eigenvalue weighted by molar-refractivity contribution is 5.98. The second-order valence-corrected chi connectivity index (χ2v) is 5.66. The van der Waals surface area contributed by atoms with Crippen LogP contribution in [-0.2, 0) is 4.74 Å². The molecule has 1 N–H and O–H groups in total. The zero-order valence-electron chi connectivity index (χ0n) is 12.5. The Labute approximate surface area is 125 Å². The number of H-pyrrole nitrogens is 1. The molecular formula is C17H22N2O2. The first-order chi connectivity index (χ1) is 10.3. The highest BCUT2D eigenvalue weighted by Crippen LogP contribution is 2.19. The Balaban J connectivity index is 1.71. The van der Waals surface area contributed by atoms with Gasteiger partial charge in [-0.3, -0.25) is 4.79 Å². The molecular weight excluding hydrogens is 264 g/mol. The number of aromatic nitrogens is 1. The molecule has 0 saturated carbocycles. The number of para-hydroxylation sites is 1. The molecule has 1 saturated heterocycles. The van der Waals surface area contributed by atoms with E-state index < -0.39 is 0 Å². The average Bonchev–Trinajstić information content (AvgIpc) is 2.96. The normalized spacial score (nSPS) is 19.1. The van der Waals surface area contributed by atoms with Crippen molar-refractivity contribution in [2.24, 2.45) is 0 Å². The van der Waals surface area contributed by atoms with Crippen LogP contribution in [0.3, 0.4) is 0 Å². The van der Waals surface area contributed by atoms with Gasteiger partial charge in [0, 0.05) is 30.6 Å². The van der Waals surface area contributed by atoms with Gasteiger partial charge in [0.15, 0.2) is 0 Å². The number of nitrogens with zero attached hydrogens (tertiary/aromatic N) is 1. The number of hydrogen-bond acceptors (Lipinski definition) is 2. The van der Waals surface area contributed by atoms with Gasteiger partial charge in [0.05, 0.1) is 6.10 Å². The molecule has 4 heteroatoms. The predicted molar refractivity (Wildman–Crippen MR) is 83.5 cm³/mol. The predicted octanol–water partition coefficient (Wildman–Crippen LogP) is 3.20. The molecule has 0 aliphatic carbocycles. The maximum atomic E-state index is 12.6. The summed E-state index contributed by atoms with van der Waals surface area (Å²) in [4.78, 5) is 17.8. The third-order valence-electron chi connectivity index (χ3n) is 3.98. The molecule has 112 valence electrons. The molecule has 1 amide bonds. The molecule has 1 atom stereocenters. The monoisotopic (exact) mass is 286 g/mol. The van der Waals surface area contributed by atoms with Crippen LogP contribution in [0.1, 0.15) is 36.7 Å². The summed E-state index contributed by atoms with van der Waals surface area (Å²) in [6, 6.07) is 9.91. The molecule has 0 bridgehead atoms. The van der Waals surface area contributed by atoms with Crippen molar-refractivity contribution in [3.8, 4) is 0 Å². The van der Waals surface area contributed by atoms with Crippen LogP contribution in [0.25, 0.3) is 10.9 Å². The van der Waals surface area contributed by atoms with Crippen LogP contribution in [0, 0.1) is 0 Å². The Morgan fingerprint density at radius 3 is 3.10 bits per heavy atom. The third kappa shape index (κ3) is 3.10. The van der Waals surface area contributed by atoms with E-state index in [1.807, 2.05) is 35.2 Å². The second kappa shape index (κ2) is 6.31. The molecule has 1 aliphatic heterocycles. The SMILES string of the molecule is CCCO[C@H]1CCCN(C(=O)c2cc3ccccc3[nH]2)C1. The molecule has 2 heterocycles. The molecule has 1 fully saturated rings. The number of benzene rings is 1. The first-order valence-electron chi connectivity index (χ1n) is 7.76. The molecule has 4 nitrogen and oxygen atoms in total. The molecule has 1 aromatic carbocycles. The lowest BCUT2D eigenvalue weighted by molar-refractivity contribution is 0.00195. The van der Waals surface area contributed by atoms with Crippen LogP contribution in [0.2, 0.25) is 0 Å². The Morgan fingerprint density at radius 2 is 2.29 bits per heavy atom. The topological polar surface area (TPSA) is 45.3 Å². The molecule has 0 radical (unpaired) electrons. The molecule has 1 aromatic heterocycles. The van der Waals surface area contributed by atoms with Crippen molar-refractivity contribution in [2.75, 3.05) is 19.7 Å². The minimum absolute atomic E-state index is 0.0796. The van der Waals surface area contributed by atoms with Crippen molar-refractivity contribution in [1.29, 1.82) is 0 Å². The number of hydrogen-bond donors (Lipinski definition) is 1. The fourth-order valence-electron chi connectivity index (χ4n) is 2.90. The average molecular weight is 286 g/mol. The molecule has 1 aliphatic rings. The van der Waals surface area contributed by atoms with Crippen molar-refractivity contribution < 1.29 is 9.53 Å². The fraction of sp³-hybridized carbons (Fsp3) is 0.471. The van der Waals surface area contributed by atoms with Crippen molar-refractivity contribution in [2.45, 2.75) is 32.3 Å². The summed E-state index contributed by atoms with van der Waals surface area (Å²) >= 11 is 0. The van der Waals surface area contributed by atoms with Gasteiger partial charge in [-0.25, -0.2) is 0 Å². The first-order valence-corrected chi connectivity index (χ1v) is 7.76. The molecule has 3 rings (SSSR count). The Bertz CT molecular complexity index is 587. The summed E-state index contributed by atoms with van der Waals surface area (Å²) in [6.07, 6.45) is 3.27. The van der Waals surface area contributed by atoms with Gasteiger partial charge >= 0.3 is 0 Å². The molecule has 21 heavy (non-hydrogen) atoms. The highest BCUT2D eigenvalue weighted by atomic mass is 16.5. The van der Waals surface area contributed by atoms with Gasteiger partial charge in [-0.2, -0.15) is 0 Å². The lowest BCUT2D eigenvalue weighted by Gasteiger charge is -2.32. The number of fused-ring (bicyclic) bond motifs is 1. The van der Waals surface area contributed by atoms with E-state index in [1.165, 1.54) is 0 Å². The van der Waals surface area contributed by atoms with Crippen LogP contribution >= 0.6 is 0 Å². The van der Waals surface area contributed by atoms with E-state index in [9.17, 15) is 4.79 Å². The summed E-state index contributed by atoms with van der Waals surface area (Å²) in [7, 11) is 0. The van der Waals surface area contributed by atoms with Crippen LogP contribution in [0.5, 0.6) is 0 Å². The van der Waals surface area contributed by atoms with Gasteiger partial charge in [-0.1, -0.05) is 25.1 Å². The van der Waals surface area contributed by atoms with E-state index in [2.05, 4.69) is 11.9 Å². The zero-order valence-corrected chi connectivity index (χ0v) is 12.5. The number of ether oxygens (including phenoxy) is 1. The van der Waals surface area contributed by atoms with Crippen LogP contribution < -0.4 is 0 Å². The maximum Gasteiger partial charge on any atom is 0.270 e. The maximum absolute atomic E-state index is 12.6. The zero-order chi connectivity index (χ0) is 14.7. The highest BCUT2D eigenvalue weighted by Gasteiger charge is 2.25. The Hall–Kier alpha value is -1.81. The van der Waals surface area contributed by atoms with E-state index in [1.54, 1.807) is 0 Å². The van der Waals surface area contributed by atoms with Crippen LogP contribution in [0.4, 0.5) is 0 Å². The smallest absolute Gasteiger partial charge is 0.270 e. The number of likely N-dealkylation sites (tertiary alicyclic amines) is 1. The van der Waals surface area contributed by atoms with Crippen molar-refractivity contribution >= 4 is 16.8 Å². The van der Waals surface area contributed by atoms with Gasteiger partial charge in [-0.05, 0) is 31.4 Å². The molecule has 0 unspecified atom stereocenters. The number of aromatic amines is 1. The van der Waals surface area contributed by atoms with Crippen LogP contribution in [0.15, 0.2) is 30.3 Å². The summed E-state index contributed by atoms with van der Waals surface area (Å²) in [5, 5.41) is 1.08. The number of carbonyl (C=O) groups is 1. The van der Waals surface area contributed by atoms with E-state index >= 15 is 0 Å². The minimum Gasteiger partial charge on any atom is -0.376 e. The van der Waals surface area contributed by atoms with E-state index in [0.29, 0.717) is 12.2 Å². The van der Waals surface area contributed by atoms with Gasteiger partial charge in [-0.15, -0.1) is 0 Å². The van der Waals surface area contributed by atoms with Gasteiger partial charge in [0.1, 0.15) is 5.69 Å². The standard InChI is InChI=1S/C17H22N2O2/c1-2-10-21-14-7-5-9-19(12-14)17(20)16-11-13-6-3-4-8-15(13)18-16/h3-4,6,8,11,14,18H,2,5,7,9-10,12H2,1H3/t14-/m0/s1. The van der Waals surface area contributed by atoms with E-state index in [-0.39, 0.29) is 12.0 Å². The number of amides is 1. The second-order valence-electron chi connectivity index (χ2n) is 5.66. The number of nitrogens with one attached hydrogen (secondary N) is 1. The third-order valence-corrected chi connectivity index (χ3v) is 3.98. The minimum atomic E-state index is 0.0796. The summed E-state index contributed by atoms with van der Waals surface area (Å²) < 4.78 is 5.80. The molecule has 2 aromatic rings.